The van der Waals surface area contributed by atoms with E-state index in [1.165, 1.54) is 11.1 Å². The normalized spacial score (nSPS) is 17.3. The highest BCUT2D eigenvalue weighted by Gasteiger charge is 2.46. The predicted molar refractivity (Wildman–Crippen MR) is 143 cm³/mol. The average Bonchev–Trinajstić information content (AvgIpc) is 3.37. The van der Waals surface area contributed by atoms with E-state index in [-0.39, 0.29) is 5.91 Å². The first-order valence-corrected chi connectivity index (χ1v) is 12.9. The van der Waals surface area contributed by atoms with E-state index in [4.69, 9.17) is 9.47 Å². The lowest BCUT2D eigenvalue weighted by Gasteiger charge is -2.43. The SMILES string of the molecule is COc1ccc(C2(c3ccc(OC)cc3)CCCN(CCN(C)C3Cc4ccccc4C3)C2=O)cc1. The molecule has 1 fully saturated rings. The molecule has 0 bridgehead atoms. The summed E-state index contributed by atoms with van der Waals surface area (Å²) >= 11 is 0. The van der Waals surface area contributed by atoms with Crippen molar-refractivity contribution in [1.29, 1.82) is 0 Å². The summed E-state index contributed by atoms with van der Waals surface area (Å²) in [5, 5.41) is 0. The van der Waals surface area contributed by atoms with E-state index in [9.17, 15) is 4.79 Å². The number of carbonyl (C=O) groups is 1. The monoisotopic (exact) mass is 484 g/mol. The summed E-state index contributed by atoms with van der Waals surface area (Å²) in [5.41, 5.74) is 4.24. The Morgan fingerprint density at radius 3 is 1.89 bits per heavy atom. The van der Waals surface area contributed by atoms with Crippen LogP contribution in [0.15, 0.2) is 72.8 Å². The maximum atomic E-state index is 14.3. The van der Waals surface area contributed by atoms with Crippen molar-refractivity contribution in [2.45, 2.75) is 37.1 Å². The number of hydrogen-bond donors (Lipinski definition) is 0. The lowest BCUT2D eigenvalue weighted by atomic mass is 9.68. The van der Waals surface area contributed by atoms with Crippen LogP contribution in [0, 0.1) is 0 Å². The zero-order valence-electron chi connectivity index (χ0n) is 21.6. The molecule has 5 nitrogen and oxygen atoms in total. The molecule has 5 rings (SSSR count). The first kappa shape index (κ1) is 24.4. The van der Waals surface area contributed by atoms with E-state index < -0.39 is 5.41 Å². The van der Waals surface area contributed by atoms with E-state index in [1.54, 1.807) is 14.2 Å². The molecule has 1 saturated heterocycles. The second kappa shape index (κ2) is 10.4. The molecular weight excluding hydrogens is 448 g/mol. The standard InChI is InChI=1S/C31H36N2O3/c1-32(27-21-23-7-4-5-8-24(23)22-27)19-20-33-18-6-17-31(30(33)34,25-9-13-28(35-2)14-10-25)26-11-15-29(36-3)16-12-26/h4-5,7-16,27H,6,17-22H2,1-3H3. The molecular formula is C31H36N2O3. The molecule has 2 aliphatic rings. The number of rotatable bonds is 8. The smallest absolute Gasteiger partial charge is 0.237 e. The molecule has 0 aromatic heterocycles. The van der Waals surface area contributed by atoms with Gasteiger partial charge in [-0.15, -0.1) is 0 Å². The van der Waals surface area contributed by atoms with Gasteiger partial charge in [0.05, 0.1) is 19.6 Å². The van der Waals surface area contributed by atoms with Crippen molar-refractivity contribution < 1.29 is 14.3 Å². The fourth-order valence-corrected chi connectivity index (χ4v) is 5.99. The molecule has 3 aromatic rings. The van der Waals surface area contributed by atoms with Crippen LogP contribution in [0.5, 0.6) is 11.5 Å². The highest BCUT2D eigenvalue weighted by Crippen LogP contribution is 2.42. The minimum absolute atomic E-state index is 0.187. The molecule has 0 N–H and O–H groups in total. The van der Waals surface area contributed by atoms with Crippen molar-refractivity contribution in [2.75, 3.05) is 40.9 Å². The Balaban J connectivity index is 1.38. The zero-order valence-corrected chi connectivity index (χ0v) is 21.6. The third-order valence-corrected chi connectivity index (χ3v) is 8.17. The first-order valence-electron chi connectivity index (χ1n) is 12.9. The predicted octanol–water partition coefficient (Wildman–Crippen LogP) is 4.71. The number of methoxy groups -OCH3 is 2. The van der Waals surface area contributed by atoms with Gasteiger partial charge >= 0.3 is 0 Å². The molecule has 1 aliphatic heterocycles. The Morgan fingerprint density at radius 2 is 1.39 bits per heavy atom. The largest absolute Gasteiger partial charge is 0.497 e. The van der Waals surface area contributed by atoms with E-state index in [2.05, 4.69) is 41.1 Å². The summed E-state index contributed by atoms with van der Waals surface area (Å²) in [4.78, 5) is 18.8. The number of ether oxygens (including phenoxy) is 2. The number of carbonyl (C=O) groups excluding carboxylic acids is 1. The maximum Gasteiger partial charge on any atom is 0.237 e. The number of amides is 1. The fraction of sp³-hybridized carbons (Fsp3) is 0.387. The second-order valence-corrected chi connectivity index (χ2v) is 10.1. The van der Waals surface area contributed by atoms with Gasteiger partial charge in [0.2, 0.25) is 5.91 Å². The summed E-state index contributed by atoms with van der Waals surface area (Å²) in [6, 6.07) is 25.3. The number of hydrogen-bond acceptors (Lipinski definition) is 4. The van der Waals surface area contributed by atoms with Crippen LogP contribution in [0.3, 0.4) is 0 Å². The summed E-state index contributed by atoms with van der Waals surface area (Å²) < 4.78 is 10.8. The lowest BCUT2D eigenvalue weighted by Crippen LogP contribution is -2.54. The summed E-state index contributed by atoms with van der Waals surface area (Å²) in [7, 11) is 5.54. The molecule has 0 saturated carbocycles. The van der Waals surface area contributed by atoms with Crippen LogP contribution in [0.4, 0.5) is 0 Å². The van der Waals surface area contributed by atoms with Gasteiger partial charge < -0.3 is 19.3 Å². The van der Waals surface area contributed by atoms with E-state index in [0.717, 1.165) is 67.9 Å². The highest BCUT2D eigenvalue weighted by molar-refractivity contribution is 5.93. The Hall–Kier alpha value is -3.31. The van der Waals surface area contributed by atoms with Crippen molar-refractivity contribution >= 4 is 5.91 Å². The van der Waals surface area contributed by atoms with Crippen molar-refractivity contribution in [2.24, 2.45) is 0 Å². The second-order valence-electron chi connectivity index (χ2n) is 10.1. The van der Waals surface area contributed by atoms with Gasteiger partial charge in [-0.05, 0) is 79.3 Å². The van der Waals surface area contributed by atoms with Gasteiger partial charge in [0.15, 0.2) is 0 Å². The molecule has 3 aromatic carbocycles. The molecule has 1 aliphatic carbocycles. The van der Waals surface area contributed by atoms with E-state index >= 15 is 0 Å². The number of likely N-dealkylation sites (tertiary alicyclic amines) is 1. The maximum absolute atomic E-state index is 14.3. The van der Waals surface area contributed by atoms with Crippen LogP contribution in [0.2, 0.25) is 0 Å². The molecule has 188 valence electrons. The number of benzene rings is 3. The van der Waals surface area contributed by atoms with Crippen LogP contribution >= 0.6 is 0 Å². The van der Waals surface area contributed by atoms with Crippen LogP contribution in [-0.2, 0) is 23.1 Å². The van der Waals surface area contributed by atoms with Crippen LogP contribution in [0.1, 0.15) is 35.1 Å². The minimum Gasteiger partial charge on any atom is -0.497 e. The van der Waals surface area contributed by atoms with Gasteiger partial charge in [0.1, 0.15) is 11.5 Å². The first-order chi connectivity index (χ1) is 17.5. The van der Waals surface area contributed by atoms with Crippen molar-refractivity contribution in [3.8, 4) is 11.5 Å². The fourth-order valence-electron chi connectivity index (χ4n) is 5.99. The molecule has 0 atom stereocenters. The van der Waals surface area contributed by atoms with Crippen LogP contribution in [0.25, 0.3) is 0 Å². The third-order valence-electron chi connectivity index (χ3n) is 8.17. The summed E-state index contributed by atoms with van der Waals surface area (Å²) in [6.07, 6.45) is 3.92. The highest BCUT2D eigenvalue weighted by atomic mass is 16.5. The number of fused-ring (bicyclic) bond motifs is 1. The van der Waals surface area contributed by atoms with E-state index in [0.29, 0.717) is 6.04 Å². The lowest BCUT2D eigenvalue weighted by molar-refractivity contribution is -0.139. The van der Waals surface area contributed by atoms with Gasteiger partial charge in [0.25, 0.3) is 0 Å². The van der Waals surface area contributed by atoms with E-state index in [1.807, 2.05) is 48.5 Å². The molecule has 0 radical (unpaired) electrons. The molecule has 1 amide bonds. The van der Waals surface area contributed by atoms with Gasteiger partial charge in [-0.25, -0.2) is 0 Å². The summed E-state index contributed by atoms with van der Waals surface area (Å²) in [6.45, 7) is 2.40. The molecule has 0 spiro atoms. The Bertz CT molecular complexity index is 1120. The van der Waals surface area contributed by atoms with Crippen molar-refractivity contribution in [3.05, 3.63) is 95.1 Å². The number of likely N-dealkylation sites (N-methyl/N-ethyl adjacent to an activating group) is 1. The average molecular weight is 485 g/mol. The number of piperidine rings is 1. The minimum atomic E-state index is -0.709. The Labute approximate surface area is 214 Å². The number of nitrogens with zero attached hydrogens (tertiary/aromatic N) is 2. The Morgan fingerprint density at radius 1 is 0.861 bits per heavy atom. The Kier molecular flexibility index (Phi) is 7.01. The van der Waals surface area contributed by atoms with Gasteiger partial charge in [0, 0.05) is 25.7 Å². The quantitative estimate of drug-likeness (QED) is 0.464. The van der Waals surface area contributed by atoms with Crippen molar-refractivity contribution in [1.82, 2.24) is 9.80 Å². The van der Waals surface area contributed by atoms with Crippen LogP contribution < -0.4 is 9.47 Å². The molecule has 5 heteroatoms. The van der Waals surface area contributed by atoms with Crippen molar-refractivity contribution in [3.63, 3.8) is 0 Å². The topological polar surface area (TPSA) is 42.0 Å². The molecule has 0 unspecified atom stereocenters. The third kappa shape index (κ3) is 4.48. The van der Waals surface area contributed by atoms with Gasteiger partial charge in [-0.3, -0.25) is 4.79 Å². The zero-order chi connectivity index (χ0) is 25.1. The summed E-state index contributed by atoms with van der Waals surface area (Å²) in [5.74, 6) is 1.78. The molecule has 1 heterocycles. The molecule has 36 heavy (non-hydrogen) atoms. The van der Waals surface area contributed by atoms with Gasteiger partial charge in [-0.2, -0.15) is 0 Å². The van der Waals surface area contributed by atoms with Gasteiger partial charge in [-0.1, -0.05) is 48.5 Å². The van der Waals surface area contributed by atoms with Crippen LogP contribution in [-0.4, -0.2) is 62.7 Å².